The molecule has 0 spiro atoms. The average Bonchev–Trinajstić information content (AvgIpc) is 2.24. The lowest BCUT2D eigenvalue weighted by Gasteiger charge is -2.18. The fraction of sp³-hybridized carbons (Fsp3) is 0.333. The smallest absolute Gasteiger partial charge is 0.404 e. The van der Waals surface area contributed by atoms with Crippen LogP contribution in [0.3, 0.4) is 0 Å². The fourth-order valence-electron chi connectivity index (χ4n) is 1.31. The Kier molecular flexibility index (Phi) is 4.49. The Labute approximate surface area is 112 Å². The Morgan fingerprint density at radius 2 is 1.85 bits per heavy atom. The van der Waals surface area contributed by atoms with Crippen LogP contribution in [-0.4, -0.2) is 16.6 Å². The van der Waals surface area contributed by atoms with E-state index in [1.54, 1.807) is 0 Å². The average molecular weight is 323 g/mol. The first-order valence-electron chi connectivity index (χ1n) is 4.72. The van der Waals surface area contributed by atoms with Crippen molar-refractivity contribution >= 4 is 16.8 Å². The Bertz CT molecular complexity index is 528. The second kappa shape index (κ2) is 5.44. The van der Waals surface area contributed by atoms with Crippen molar-refractivity contribution in [2.75, 3.05) is 0 Å². The number of nitrogens with two attached hydrogens (primary N) is 1. The van der Waals surface area contributed by atoms with Crippen LogP contribution < -0.4 is 10.5 Å². The lowest BCUT2D eigenvalue weighted by atomic mass is 10.1. The maximum atomic E-state index is 12.6. The third-order valence-electron chi connectivity index (χ3n) is 2.01. The van der Waals surface area contributed by atoms with Crippen LogP contribution in [0.4, 0.5) is 26.3 Å². The Morgan fingerprint density at radius 1 is 1.30 bits per heavy atom. The van der Waals surface area contributed by atoms with Gasteiger partial charge in [0.25, 0.3) is 5.24 Å². The molecule has 11 heteroatoms. The van der Waals surface area contributed by atoms with Gasteiger partial charge in [0.2, 0.25) is 0 Å². The van der Waals surface area contributed by atoms with Crippen LogP contribution >= 0.6 is 11.6 Å². The molecule has 1 aromatic rings. The Morgan fingerprint density at radius 3 is 2.20 bits per heavy atom. The van der Waals surface area contributed by atoms with E-state index >= 15 is 0 Å². The number of halogens is 7. The number of hydrogen-bond donors (Lipinski definition) is 1. The van der Waals surface area contributed by atoms with Crippen LogP contribution in [-0.2, 0) is 12.7 Å². The van der Waals surface area contributed by atoms with Crippen LogP contribution in [0.25, 0.3) is 0 Å². The van der Waals surface area contributed by atoms with E-state index in [0.717, 1.165) is 0 Å². The minimum atomic E-state index is -5.32. The van der Waals surface area contributed by atoms with Crippen molar-refractivity contribution in [1.29, 1.82) is 0 Å². The first-order valence-corrected chi connectivity index (χ1v) is 5.10. The van der Waals surface area contributed by atoms with Crippen LogP contribution in [0.2, 0.25) is 0 Å². The van der Waals surface area contributed by atoms with Gasteiger partial charge in [0.15, 0.2) is 5.69 Å². The first kappa shape index (κ1) is 16.5. The van der Waals surface area contributed by atoms with Crippen molar-refractivity contribution in [3.8, 4) is 5.75 Å². The van der Waals surface area contributed by atoms with Crippen molar-refractivity contribution in [3.63, 3.8) is 0 Å². The summed E-state index contributed by atoms with van der Waals surface area (Å²) in [5.41, 5.74) is 1.12. The van der Waals surface area contributed by atoms with Gasteiger partial charge in [-0.15, -0.1) is 13.2 Å². The van der Waals surface area contributed by atoms with Crippen molar-refractivity contribution < 1.29 is 35.9 Å². The summed E-state index contributed by atoms with van der Waals surface area (Å²) in [6.45, 7) is -0.631. The Hall–Kier alpha value is -1.55. The minimum absolute atomic E-state index is 0.438. The third-order valence-corrected chi connectivity index (χ3v) is 2.20. The van der Waals surface area contributed by atoms with Gasteiger partial charge in [-0.25, -0.2) is 0 Å². The summed E-state index contributed by atoms with van der Waals surface area (Å²) < 4.78 is 77.9. The fourth-order valence-corrected chi connectivity index (χ4v) is 1.48. The molecule has 1 rings (SSSR count). The topological polar surface area (TPSA) is 65.2 Å². The van der Waals surface area contributed by atoms with Gasteiger partial charge < -0.3 is 10.5 Å². The molecular formula is C9H5ClF6N2O2. The lowest BCUT2D eigenvalue weighted by Crippen LogP contribution is -2.23. The number of ether oxygens (including phenoxy) is 1. The van der Waals surface area contributed by atoms with Gasteiger partial charge in [0, 0.05) is 18.3 Å². The van der Waals surface area contributed by atoms with E-state index in [1.165, 1.54) is 0 Å². The highest BCUT2D eigenvalue weighted by atomic mass is 35.5. The molecule has 0 bridgehead atoms. The van der Waals surface area contributed by atoms with Gasteiger partial charge in [-0.2, -0.15) is 13.2 Å². The maximum Gasteiger partial charge on any atom is 0.573 e. The molecule has 0 saturated heterocycles. The molecule has 0 aliphatic rings. The molecule has 2 N–H and O–H groups in total. The molecule has 1 heterocycles. The standard InChI is InChI=1S/C9H5ClF6N2O2/c10-7(19)4-5(20-9(14,15)16)3(1-17)2-18-6(4)8(11,12)13/h2H,1,17H2. The SMILES string of the molecule is NCc1cnc(C(F)(F)F)c(C(=O)Cl)c1OC(F)(F)F. The maximum absolute atomic E-state index is 12.6. The highest BCUT2D eigenvalue weighted by Gasteiger charge is 2.42. The van der Waals surface area contributed by atoms with E-state index in [1.807, 2.05) is 0 Å². The van der Waals surface area contributed by atoms with E-state index < -0.39 is 46.9 Å². The summed E-state index contributed by atoms with van der Waals surface area (Å²) >= 11 is 4.91. The van der Waals surface area contributed by atoms with Crippen molar-refractivity contribution in [2.45, 2.75) is 19.1 Å². The number of alkyl halides is 6. The van der Waals surface area contributed by atoms with E-state index in [-0.39, 0.29) is 0 Å². The summed E-state index contributed by atoms with van der Waals surface area (Å²) in [7, 11) is 0. The number of hydrogen-bond acceptors (Lipinski definition) is 4. The van der Waals surface area contributed by atoms with E-state index in [4.69, 9.17) is 17.3 Å². The minimum Gasteiger partial charge on any atom is -0.404 e. The number of carbonyl (C=O) groups is 1. The van der Waals surface area contributed by atoms with Crippen LogP contribution in [0.1, 0.15) is 21.6 Å². The predicted molar refractivity (Wildman–Crippen MR) is 54.0 cm³/mol. The zero-order valence-corrected chi connectivity index (χ0v) is 10.0. The second-order valence-electron chi connectivity index (χ2n) is 3.36. The quantitative estimate of drug-likeness (QED) is 0.686. The Balaban J connectivity index is 3.62. The van der Waals surface area contributed by atoms with Crippen molar-refractivity contribution in [2.24, 2.45) is 5.73 Å². The number of nitrogens with zero attached hydrogens (tertiary/aromatic N) is 1. The van der Waals surface area contributed by atoms with Crippen LogP contribution in [0.5, 0.6) is 5.75 Å². The number of carbonyl (C=O) groups excluding carboxylic acids is 1. The third kappa shape index (κ3) is 3.73. The molecule has 0 unspecified atom stereocenters. The van der Waals surface area contributed by atoms with Gasteiger partial charge in [-0.3, -0.25) is 9.78 Å². The van der Waals surface area contributed by atoms with Gasteiger partial charge in [-0.1, -0.05) is 0 Å². The molecule has 0 aliphatic carbocycles. The van der Waals surface area contributed by atoms with E-state index in [2.05, 4.69) is 9.72 Å². The van der Waals surface area contributed by atoms with Crippen molar-refractivity contribution in [3.05, 3.63) is 23.0 Å². The molecule has 20 heavy (non-hydrogen) atoms. The number of aromatic nitrogens is 1. The summed E-state index contributed by atoms with van der Waals surface area (Å²) in [5.74, 6) is -1.40. The molecular weight excluding hydrogens is 318 g/mol. The predicted octanol–water partition coefficient (Wildman–Crippen LogP) is 2.84. The molecule has 0 amide bonds. The largest absolute Gasteiger partial charge is 0.573 e. The summed E-state index contributed by atoms with van der Waals surface area (Å²) in [5, 5.41) is -1.79. The molecule has 0 aliphatic heterocycles. The van der Waals surface area contributed by atoms with Gasteiger partial charge in [0.05, 0.1) is 0 Å². The molecule has 4 nitrogen and oxygen atoms in total. The zero-order chi connectivity index (χ0) is 15.7. The number of pyridine rings is 1. The molecule has 0 atom stereocenters. The zero-order valence-electron chi connectivity index (χ0n) is 9.27. The van der Waals surface area contributed by atoms with Gasteiger partial charge in [-0.05, 0) is 11.6 Å². The van der Waals surface area contributed by atoms with Crippen LogP contribution in [0.15, 0.2) is 6.20 Å². The van der Waals surface area contributed by atoms with Crippen molar-refractivity contribution in [1.82, 2.24) is 4.98 Å². The monoisotopic (exact) mass is 322 g/mol. The highest BCUT2D eigenvalue weighted by molar-refractivity contribution is 6.68. The van der Waals surface area contributed by atoms with E-state index in [9.17, 15) is 31.1 Å². The number of rotatable bonds is 3. The normalized spacial score (nSPS) is 12.4. The molecule has 0 fully saturated rings. The summed E-state index contributed by atoms with van der Waals surface area (Å²) in [6.07, 6.45) is -10.1. The van der Waals surface area contributed by atoms with Crippen LogP contribution in [0, 0.1) is 0 Å². The molecule has 112 valence electrons. The molecule has 1 aromatic heterocycles. The lowest BCUT2D eigenvalue weighted by molar-refractivity contribution is -0.275. The van der Waals surface area contributed by atoms with Gasteiger partial charge in [0.1, 0.15) is 11.3 Å². The summed E-state index contributed by atoms with van der Waals surface area (Å²) in [4.78, 5) is 13.9. The highest BCUT2D eigenvalue weighted by Crippen LogP contribution is 2.38. The summed E-state index contributed by atoms with van der Waals surface area (Å²) in [6, 6.07) is 0. The van der Waals surface area contributed by atoms with E-state index in [0.29, 0.717) is 6.20 Å². The van der Waals surface area contributed by atoms with Gasteiger partial charge >= 0.3 is 12.5 Å². The first-order chi connectivity index (χ1) is 8.97. The molecule has 0 radical (unpaired) electrons. The second-order valence-corrected chi connectivity index (χ2v) is 3.70. The molecule has 0 aromatic carbocycles. The molecule has 0 saturated carbocycles.